The number of hydrogen-bond acceptors (Lipinski definition) is 4. The smallest absolute Gasteiger partial charge is 0.212 e. The second kappa shape index (κ2) is 8.85. The molecule has 0 amide bonds. The molecule has 18 heavy (non-hydrogen) atoms. The van der Waals surface area contributed by atoms with Crippen molar-refractivity contribution >= 4 is 10.0 Å². The van der Waals surface area contributed by atoms with Crippen molar-refractivity contribution in [2.75, 3.05) is 32.0 Å². The lowest BCUT2D eigenvalue weighted by atomic mass is 10.1. The lowest BCUT2D eigenvalue weighted by Gasteiger charge is -2.22. The summed E-state index contributed by atoms with van der Waals surface area (Å²) in [5.41, 5.74) is 0. The second-order valence-electron chi connectivity index (χ2n) is 4.74. The second-order valence-corrected chi connectivity index (χ2v) is 6.67. The van der Waals surface area contributed by atoms with E-state index in [1.165, 1.54) is 6.42 Å². The van der Waals surface area contributed by atoms with Gasteiger partial charge in [-0.3, -0.25) is 0 Å². The Morgan fingerprint density at radius 3 is 2.72 bits per heavy atom. The van der Waals surface area contributed by atoms with E-state index in [0.29, 0.717) is 13.1 Å². The standard InChI is InChI=1S/C12H26N2O3S/c1-2-7-13-9-11-18(15,16)14-8-6-12-5-3-4-10-17-12/h12-14H,2-11H2,1H3. The van der Waals surface area contributed by atoms with E-state index >= 15 is 0 Å². The van der Waals surface area contributed by atoms with Crippen LogP contribution in [0.5, 0.6) is 0 Å². The van der Waals surface area contributed by atoms with Crippen LogP contribution in [-0.2, 0) is 14.8 Å². The molecule has 1 heterocycles. The van der Waals surface area contributed by atoms with Crippen molar-refractivity contribution in [3.63, 3.8) is 0 Å². The monoisotopic (exact) mass is 278 g/mol. The summed E-state index contributed by atoms with van der Waals surface area (Å²) in [5, 5.41) is 3.09. The number of sulfonamides is 1. The summed E-state index contributed by atoms with van der Waals surface area (Å²) in [4.78, 5) is 0. The normalized spacial score (nSPS) is 21.1. The molecule has 108 valence electrons. The molecule has 0 saturated carbocycles. The van der Waals surface area contributed by atoms with Gasteiger partial charge in [0, 0.05) is 19.7 Å². The van der Waals surface area contributed by atoms with E-state index in [1.807, 2.05) is 0 Å². The van der Waals surface area contributed by atoms with Gasteiger partial charge in [-0.15, -0.1) is 0 Å². The van der Waals surface area contributed by atoms with E-state index < -0.39 is 10.0 Å². The summed E-state index contributed by atoms with van der Waals surface area (Å²) < 4.78 is 31.5. The molecule has 0 aromatic carbocycles. The minimum atomic E-state index is -3.13. The summed E-state index contributed by atoms with van der Waals surface area (Å²) in [6.45, 7) is 4.75. The van der Waals surface area contributed by atoms with E-state index in [-0.39, 0.29) is 11.9 Å². The fraction of sp³-hybridized carbons (Fsp3) is 1.00. The molecule has 1 unspecified atom stereocenters. The molecule has 2 N–H and O–H groups in total. The predicted octanol–water partition coefficient (Wildman–Crippen LogP) is 0.865. The summed E-state index contributed by atoms with van der Waals surface area (Å²) in [6.07, 6.45) is 5.41. The van der Waals surface area contributed by atoms with Crippen LogP contribution in [0.1, 0.15) is 39.0 Å². The van der Waals surface area contributed by atoms with Crippen molar-refractivity contribution in [1.82, 2.24) is 10.0 Å². The number of nitrogens with one attached hydrogen (secondary N) is 2. The van der Waals surface area contributed by atoms with Crippen LogP contribution in [0.15, 0.2) is 0 Å². The Kier molecular flexibility index (Phi) is 7.81. The Labute approximate surface area is 111 Å². The third kappa shape index (κ3) is 7.31. The van der Waals surface area contributed by atoms with Gasteiger partial charge in [0.2, 0.25) is 10.0 Å². The van der Waals surface area contributed by atoms with Gasteiger partial charge in [0.25, 0.3) is 0 Å². The van der Waals surface area contributed by atoms with Gasteiger partial charge in [-0.05, 0) is 38.6 Å². The van der Waals surface area contributed by atoms with E-state index in [9.17, 15) is 8.42 Å². The van der Waals surface area contributed by atoms with Crippen LogP contribution >= 0.6 is 0 Å². The highest BCUT2D eigenvalue weighted by molar-refractivity contribution is 7.89. The minimum absolute atomic E-state index is 0.151. The largest absolute Gasteiger partial charge is 0.378 e. The molecule has 1 aliphatic rings. The van der Waals surface area contributed by atoms with E-state index in [0.717, 1.165) is 38.8 Å². The molecule has 1 saturated heterocycles. The fourth-order valence-corrected chi connectivity index (χ4v) is 2.98. The van der Waals surface area contributed by atoms with Crippen LogP contribution in [-0.4, -0.2) is 46.5 Å². The van der Waals surface area contributed by atoms with Crippen molar-refractivity contribution < 1.29 is 13.2 Å². The van der Waals surface area contributed by atoms with Crippen LogP contribution in [0.25, 0.3) is 0 Å². The zero-order chi connectivity index (χ0) is 13.3. The molecular weight excluding hydrogens is 252 g/mol. The number of hydrogen-bond donors (Lipinski definition) is 2. The van der Waals surface area contributed by atoms with Gasteiger partial charge in [0.15, 0.2) is 0 Å². The third-order valence-corrected chi connectivity index (χ3v) is 4.42. The zero-order valence-electron chi connectivity index (χ0n) is 11.3. The SMILES string of the molecule is CCCNCCS(=O)(=O)NCCC1CCCCO1. The molecule has 1 atom stereocenters. The van der Waals surface area contributed by atoms with Crippen molar-refractivity contribution in [3.05, 3.63) is 0 Å². The summed E-state index contributed by atoms with van der Waals surface area (Å²) in [6, 6.07) is 0. The maximum atomic E-state index is 11.6. The van der Waals surface area contributed by atoms with Crippen molar-refractivity contribution in [2.45, 2.75) is 45.1 Å². The summed E-state index contributed by atoms with van der Waals surface area (Å²) in [5.74, 6) is 0.151. The fourth-order valence-electron chi connectivity index (χ4n) is 1.99. The van der Waals surface area contributed by atoms with E-state index in [2.05, 4.69) is 17.0 Å². The maximum Gasteiger partial charge on any atom is 0.212 e. The predicted molar refractivity (Wildman–Crippen MR) is 73.2 cm³/mol. The molecule has 0 radical (unpaired) electrons. The number of rotatable bonds is 9. The Morgan fingerprint density at radius 2 is 2.06 bits per heavy atom. The molecule has 1 fully saturated rings. The van der Waals surface area contributed by atoms with Gasteiger partial charge in [0.1, 0.15) is 0 Å². The van der Waals surface area contributed by atoms with Gasteiger partial charge >= 0.3 is 0 Å². The van der Waals surface area contributed by atoms with Gasteiger partial charge in [-0.2, -0.15) is 0 Å². The molecule has 6 heteroatoms. The highest BCUT2D eigenvalue weighted by Gasteiger charge is 2.15. The first-order chi connectivity index (χ1) is 8.64. The lowest BCUT2D eigenvalue weighted by Crippen LogP contribution is -2.34. The Morgan fingerprint density at radius 1 is 1.22 bits per heavy atom. The number of ether oxygens (including phenoxy) is 1. The average molecular weight is 278 g/mol. The quantitative estimate of drug-likeness (QED) is 0.614. The van der Waals surface area contributed by atoms with Crippen LogP contribution in [0.2, 0.25) is 0 Å². The molecule has 1 rings (SSSR count). The molecule has 0 spiro atoms. The van der Waals surface area contributed by atoms with Gasteiger partial charge in [-0.1, -0.05) is 6.92 Å². The lowest BCUT2D eigenvalue weighted by molar-refractivity contribution is 0.0123. The van der Waals surface area contributed by atoms with E-state index in [1.54, 1.807) is 0 Å². The van der Waals surface area contributed by atoms with Crippen molar-refractivity contribution in [3.8, 4) is 0 Å². The van der Waals surface area contributed by atoms with Crippen molar-refractivity contribution in [1.29, 1.82) is 0 Å². The zero-order valence-corrected chi connectivity index (χ0v) is 12.1. The summed E-state index contributed by atoms with van der Waals surface area (Å²) in [7, 11) is -3.13. The maximum absolute atomic E-state index is 11.6. The Bertz CT molecular complexity index is 300. The van der Waals surface area contributed by atoms with Crippen molar-refractivity contribution in [2.24, 2.45) is 0 Å². The van der Waals surface area contributed by atoms with Crippen LogP contribution < -0.4 is 10.0 Å². The first-order valence-electron chi connectivity index (χ1n) is 6.93. The molecule has 1 aliphatic heterocycles. The highest BCUT2D eigenvalue weighted by atomic mass is 32.2. The topological polar surface area (TPSA) is 67.4 Å². The molecule has 0 aliphatic carbocycles. The average Bonchev–Trinajstić information content (AvgIpc) is 2.36. The Balaban J connectivity index is 2.08. The molecule has 0 bridgehead atoms. The van der Waals surface area contributed by atoms with Crippen LogP contribution in [0.3, 0.4) is 0 Å². The van der Waals surface area contributed by atoms with Gasteiger partial charge < -0.3 is 10.1 Å². The molecular formula is C12H26N2O3S. The van der Waals surface area contributed by atoms with E-state index in [4.69, 9.17) is 4.74 Å². The molecule has 0 aromatic heterocycles. The summed E-state index contributed by atoms with van der Waals surface area (Å²) >= 11 is 0. The van der Waals surface area contributed by atoms with Gasteiger partial charge in [0.05, 0.1) is 11.9 Å². The first kappa shape index (κ1) is 15.9. The minimum Gasteiger partial charge on any atom is -0.378 e. The molecule has 0 aromatic rings. The molecule has 5 nitrogen and oxygen atoms in total. The third-order valence-electron chi connectivity index (χ3n) is 3.04. The van der Waals surface area contributed by atoms with Crippen LogP contribution in [0.4, 0.5) is 0 Å². The van der Waals surface area contributed by atoms with Gasteiger partial charge in [-0.25, -0.2) is 13.1 Å². The van der Waals surface area contributed by atoms with Crippen LogP contribution in [0, 0.1) is 0 Å². The Hall–Kier alpha value is -0.170. The first-order valence-corrected chi connectivity index (χ1v) is 8.59. The highest BCUT2D eigenvalue weighted by Crippen LogP contribution is 2.14.